The van der Waals surface area contributed by atoms with Crippen molar-refractivity contribution in [3.63, 3.8) is 0 Å². The van der Waals surface area contributed by atoms with E-state index in [1.54, 1.807) is 19.2 Å². The zero-order valence-corrected chi connectivity index (χ0v) is 15.7. The Bertz CT molecular complexity index is 547. The third-order valence-electron chi connectivity index (χ3n) is 3.70. The highest BCUT2D eigenvalue weighted by Gasteiger charge is 2.19. The van der Waals surface area contributed by atoms with Gasteiger partial charge in [-0.25, -0.2) is 0 Å². The second-order valence-electron chi connectivity index (χ2n) is 5.44. The van der Waals surface area contributed by atoms with Gasteiger partial charge in [0, 0.05) is 51.8 Å². The van der Waals surface area contributed by atoms with Crippen molar-refractivity contribution in [1.82, 2.24) is 10.2 Å². The molecule has 0 bridgehead atoms. The molecule has 1 N–H and O–H groups in total. The Labute approximate surface area is 153 Å². The van der Waals surface area contributed by atoms with Gasteiger partial charge in [-0.05, 0) is 12.0 Å². The molecule has 1 aliphatic rings. The molecule has 7 nitrogen and oxygen atoms in total. The van der Waals surface area contributed by atoms with Crippen molar-refractivity contribution >= 4 is 35.6 Å². The van der Waals surface area contributed by atoms with Gasteiger partial charge in [-0.1, -0.05) is 12.1 Å². The highest BCUT2D eigenvalue weighted by molar-refractivity contribution is 14.0. The standard InChI is InChI=1S/C15H22N4O3.HI/c1-16-15(18(2)10-13-6-7-22-11-13)17-9-12-4-3-5-14(8-12)19(20)21;/h3-5,8,13H,6-7,9-11H2,1-2H3,(H,16,17);1H. The summed E-state index contributed by atoms with van der Waals surface area (Å²) in [5.74, 6) is 1.31. The number of halogens is 1. The molecule has 128 valence electrons. The van der Waals surface area contributed by atoms with Crippen molar-refractivity contribution < 1.29 is 9.66 Å². The molecule has 1 heterocycles. The number of nitro groups is 1. The zero-order valence-electron chi connectivity index (χ0n) is 13.4. The molecule has 1 aromatic rings. The van der Waals surface area contributed by atoms with E-state index in [4.69, 9.17) is 4.74 Å². The van der Waals surface area contributed by atoms with E-state index in [2.05, 4.69) is 15.2 Å². The van der Waals surface area contributed by atoms with Crippen LogP contribution in [0.5, 0.6) is 0 Å². The molecular formula is C15H23IN4O3. The highest BCUT2D eigenvalue weighted by Crippen LogP contribution is 2.14. The van der Waals surface area contributed by atoms with Crippen molar-refractivity contribution in [3.05, 3.63) is 39.9 Å². The number of ether oxygens (including phenoxy) is 1. The number of nitro benzene ring substituents is 1. The minimum atomic E-state index is -0.384. The molecule has 0 aliphatic carbocycles. The van der Waals surface area contributed by atoms with E-state index >= 15 is 0 Å². The van der Waals surface area contributed by atoms with E-state index in [9.17, 15) is 10.1 Å². The van der Waals surface area contributed by atoms with E-state index in [-0.39, 0.29) is 34.6 Å². The normalized spacial score (nSPS) is 17.5. The average molecular weight is 434 g/mol. The number of hydrogen-bond donors (Lipinski definition) is 1. The molecule has 23 heavy (non-hydrogen) atoms. The van der Waals surface area contributed by atoms with Crippen LogP contribution in [0.1, 0.15) is 12.0 Å². The van der Waals surface area contributed by atoms with E-state index in [0.717, 1.165) is 37.7 Å². The molecule has 0 amide bonds. The van der Waals surface area contributed by atoms with Gasteiger partial charge in [0.25, 0.3) is 5.69 Å². The molecule has 1 saturated heterocycles. The highest BCUT2D eigenvalue weighted by atomic mass is 127. The first-order chi connectivity index (χ1) is 10.6. The molecule has 0 saturated carbocycles. The molecule has 1 fully saturated rings. The summed E-state index contributed by atoms with van der Waals surface area (Å²) in [7, 11) is 3.72. The predicted octanol–water partition coefficient (Wildman–Crippen LogP) is 2.26. The van der Waals surface area contributed by atoms with E-state index < -0.39 is 0 Å². The van der Waals surface area contributed by atoms with Crippen molar-refractivity contribution in [2.75, 3.05) is 33.9 Å². The lowest BCUT2D eigenvalue weighted by Crippen LogP contribution is -2.41. The van der Waals surface area contributed by atoms with E-state index in [1.807, 2.05) is 13.1 Å². The lowest BCUT2D eigenvalue weighted by Gasteiger charge is -2.24. The van der Waals surface area contributed by atoms with Crippen LogP contribution in [-0.4, -0.2) is 49.6 Å². The van der Waals surface area contributed by atoms with Crippen LogP contribution in [0.2, 0.25) is 0 Å². The third-order valence-corrected chi connectivity index (χ3v) is 3.70. The molecule has 1 aromatic carbocycles. The first-order valence-corrected chi connectivity index (χ1v) is 7.33. The molecule has 2 rings (SSSR count). The van der Waals surface area contributed by atoms with Crippen LogP contribution < -0.4 is 5.32 Å². The molecule has 8 heteroatoms. The molecule has 0 radical (unpaired) electrons. The molecule has 1 atom stereocenters. The van der Waals surface area contributed by atoms with Crippen LogP contribution in [0.3, 0.4) is 0 Å². The fraction of sp³-hybridized carbons (Fsp3) is 0.533. The Hall–Kier alpha value is -1.42. The summed E-state index contributed by atoms with van der Waals surface area (Å²) in [6.07, 6.45) is 1.08. The van der Waals surface area contributed by atoms with Crippen molar-refractivity contribution in [1.29, 1.82) is 0 Å². The van der Waals surface area contributed by atoms with Crippen LogP contribution in [-0.2, 0) is 11.3 Å². The average Bonchev–Trinajstić information content (AvgIpc) is 3.01. The van der Waals surface area contributed by atoms with Gasteiger partial charge >= 0.3 is 0 Å². The molecule has 1 aliphatic heterocycles. The van der Waals surface area contributed by atoms with Crippen LogP contribution >= 0.6 is 24.0 Å². The van der Waals surface area contributed by atoms with Crippen LogP contribution in [0.25, 0.3) is 0 Å². The fourth-order valence-corrected chi connectivity index (χ4v) is 2.55. The van der Waals surface area contributed by atoms with Gasteiger partial charge in [0.05, 0.1) is 11.5 Å². The number of benzene rings is 1. The number of guanidine groups is 1. The van der Waals surface area contributed by atoms with E-state index in [0.29, 0.717) is 12.5 Å². The number of nitrogens with zero attached hydrogens (tertiary/aromatic N) is 3. The lowest BCUT2D eigenvalue weighted by molar-refractivity contribution is -0.384. The lowest BCUT2D eigenvalue weighted by atomic mass is 10.1. The number of aliphatic imine (C=N–C) groups is 1. The van der Waals surface area contributed by atoms with Gasteiger partial charge in [0.1, 0.15) is 0 Å². The van der Waals surface area contributed by atoms with Gasteiger partial charge < -0.3 is 15.0 Å². The summed E-state index contributed by atoms with van der Waals surface area (Å²) >= 11 is 0. The Morgan fingerprint density at radius 1 is 1.57 bits per heavy atom. The van der Waals surface area contributed by atoms with Crippen LogP contribution in [0.15, 0.2) is 29.3 Å². The van der Waals surface area contributed by atoms with Gasteiger partial charge in [-0.15, -0.1) is 24.0 Å². The molecular weight excluding hydrogens is 411 g/mol. The zero-order chi connectivity index (χ0) is 15.9. The molecule has 0 aromatic heterocycles. The SMILES string of the molecule is CN=C(NCc1cccc([N+](=O)[O-])c1)N(C)CC1CCOC1.I. The Kier molecular flexibility index (Phi) is 8.24. The smallest absolute Gasteiger partial charge is 0.269 e. The summed E-state index contributed by atoms with van der Waals surface area (Å²) in [6, 6.07) is 6.62. The Morgan fingerprint density at radius 2 is 2.35 bits per heavy atom. The van der Waals surface area contributed by atoms with Gasteiger partial charge in [0.2, 0.25) is 0 Å². The maximum Gasteiger partial charge on any atom is 0.269 e. The number of rotatable bonds is 5. The summed E-state index contributed by atoms with van der Waals surface area (Å²) in [5.41, 5.74) is 0.957. The van der Waals surface area contributed by atoms with Gasteiger partial charge in [0.15, 0.2) is 5.96 Å². The topological polar surface area (TPSA) is 80.0 Å². The molecule has 0 spiro atoms. The number of hydrogen-bond acceptors (Lipinski definition) is 4. The second kappa shape index (κ2) is 9.66. The first-order valence-electron chi connectivity index (χ1n) is 7.33. The summed E-state index contributed by atoms with van der Waals surface area (Å²) in [5, 5.41) is 14.0. The maximum atomic E-state index is 10.8. The van der Waals surface area contributed by atoms with E-state index in [1.165, 1.54) is 6.07 Å². The number of nitrogens with one attached hydrogen (secondary N) is 1. The first kappa shape index (κ1) is 19.6. The number of non-ortho nitro benzene ring substituents is 1. The van der Waals surface area contributed by atoms with Crippen LogP contribution in [0.4, 0.5) is 5.69 Å². The maximum absolute atomic E-state index is 10.8. The van der Waals surface area contributed by atoms with Crippen LogP contribution in [0, 0.1) is 16.0 Å². The summed E-state index contributed by atoms with van der Waals surface area (Å²) in [6.45, 7) is 3.01. The fourth-order valence-electron chi connectivity index (χ4n) is 2.55. The van der Waals surface area contributed by atoms with Gasteiger partial charge in [-0.3, -0.25) is 15.1 Å². The Balaban J connectivity index is 0.00000264. The minimum Gasteiger partial charge on any atom is -0.381 e. The van der Waals surface area contributed by atoms with Crippen molar-refractivity contribution in [3.8, 4) is 0 Å². The minimum absolute atomic E-state index is 0. The Morgan fingerprint density at radius 3 is 2.96 bits per heavy atom. The van der Waals surface area contributed by atoms with Gasteiger partial charge in [-0.2, -0.15) is 0 Å². The summed E-state index contributed by atoms with van der Waals surface area (Å²) < 4.78 is 5.39. The van der Waals surface area contributed by atoms with Crippen molar-refractivity contribution in [2.45, 2.75) is 13.0 Å². The van der Waals surface area contributed by atoms with Crippen molar-refractivity contribution in [2.24, 2.45) is 10.9 Å². The quantitative estimate of drug-likeness (QED) is 0.253. The summed E-state index contributed by atoms with van der Waals surface area (Å²) in [4.78, 5) is 16.7. The monoisotopic (exact) mass is 434 g/mol. The molecule has 1 unspecified atom stereocenters. The second-order valence-corrected chi connectivity index (χ2v) is 5.44. The predicted molar refractivity (Wildman–Crippen MR) is 100 cm³/mol. The largest absolute Gasteiger partial charge is 0.381 e. The third kappa shape index (κ3) is 5.94.